The van der Waals surface area contributed by atoms with Crippen LogP contribution < -0.4 is 10.6 Å². The van der Waals surface area contributed by atoms with E-state index >= 15 is 0 Å². The van der Waals surface area contributed by atoms with Crippen molar-refractivity contribution >= 4 is 23.3 Å². The Hall–Kier alpha value is -2.95. The molecule has 136 valence electrons. The summed E-state index contributed by atoms with van der Waals surface area (Å²) in [5.74, 6) is -0.496. The standard InChI is InChI=1S/C21H24N2O3/c1-3-15-8-10-16(11-9-15)19(24)12-13-20(25)23-18-7-5-6-17(14-18)21(26)22-4-2/h5-11,14H,3-4,12-13H2,1-2H3,(H,22,26)(H,23,25). The fourth-order valence-corrected chi connectivity index (χ4v) is 2.52. The normalized spacial score (nSPS) is 10.2. The third-order valence-corrected chi connectivity index (χ3v) is 4.01. The van der Waals surface area contributed by atoms with E-state index in [-0.39, 0.29) is 30.4 Å². The summed E-state index contributed by atoms with van der Waals surface area (Å²) in [7, 11) is 0. The second-order valence-electron chi connectivity index (χ2n) is 5.96. The van der Waals surface area contributed by atoms with Crippen LogP contribution in [0, 0.1) is 0 Å². The molecule has 0 aromatic heterocycles. The van der Waals surface area contributed by atoms with Crippen LogP contribution in [0.2, 0.25) is 0 Å². The zero-order valence-corrected chi connectivity index (χ0v) is 15.2. The maximum Gasteiger partial charge on any atom is 0.251 e. The predicted molar refractivity (Wildman–Crippen MR) is 102 cm³/mol. The summed E-state index contributed by atoms with van der Waals surface area (Å²) in [5, 5.41) is 5.45. The van der Waals surface area contributed by atoms with Gasteiger partial charge in [0, 0.05) is 36.2 Å². The minimum Gasteiger partial charge on any atom is -0.352 e. The molecule has 5 heteroatoms. The van der Waals surface area contributed by atoms with Gasteiger partial charge in [-0.15, -0.1) is 0 Å². The molecule has 0 aliphatic rings. The number of Topliss-reactive ketones (excluding diaryl/α,β-unsaturated/α-hetero) is 1. The number of hydrogen-bond acceptors (Lipinski definition) is 3. The molecule has 0 aliphatic carbocycles. The fraction of sp³-hybridized carbons (Fsp3) is 0.286. The molecule has 0 aliphatic heterocycles. The molecule has 0 radical (unpaired) electrons. The van der Waals surface area contributed by atoms with E-state index in [9.17, 15) is 14.4 Å². The smallest absolute Gasteiger partial charge is 0.251 e. The van der Waals surface area contributed by atoms with Crippen LogP contribution in [0.15, 0.2) is 48.5 Å². The van der Waals surface area contributed by atoms with Crippen molar-refractivity contribution in [2.75, 3.05) is 11.9 Å². The number of benzene rings is 2. The Labute approximate surface area is 153 Å². The summed E-state index contributed by atoms with van der Waals surface area (Å²) in [5.41, 5.74) is 2.81. The van der Waals surface area contributed by atoms with Gasteiger partial charge in [-0.25, -0.2) is 0 Å². The molecule has 2 amide bonds. The Balaban J connectivity index is 1.89. The van der Waals surface area contributed by atoms with Crippen molar-refractivity contribution in [1.82, 2.24) is 5.32 Å². The molecule has 2 aromatic rings. The van der Waals surface area contributed by atoms with Crippen LogP contribution in [-0.2, 0) is 11.2 Å². The van der Waals surface area contributed by atoms with Gasteiger partial charge in [0.2, 0.25) is 5.91 Å². The zero-order valence-electron chi connectivity index (χ0n) is 15.2. The molecular formula is C21H24N2O3. The molecule has 0 spiro atoms. The molecule has 0 saturated heterocycles. The van der Waals surface area contributed by atoms with Crippen molar-refractivity contribution < 1.29 is 14.4 Å². The van der Waals surface area contributed by atoms with Gasteiger partial charge < -0.3 is 10.6 Å². The van der Waals surface area contributed by atoms with Crippen molar-refractivity contribution in [3.63, 3.8) is 0 Å². The minimum absolute atomic E-state index is 0.0566. The highest BCUT2D eigenvalue weighted by atomic mass is 16.2. The molecule has 2 aromatic carbocycles. The monoisotopic (exact) mass is 352 g/mol. The van der Waals surface area contributed by atoms with E-state index in [0.29, 0.717) is 23.4 Å². The maximum atomic E-state index is 12.2. The first kappa shape index (κ1) is 19.4. The van der Waals surface area contributed by atoms with Gasteiger partial charge in [0.15, 0.2) is 5.78 Å². The van der Waals surface area contributed by atoms with Crippen LogP contribution in [0.25, 0.3) is 0 Å². The first-order chi connectivity index (χ1) is 12.5. The van der Waals surface area contributed by atoms with Crippen molar-refractivity contribution in [1.29, 1.82) is 0 Å². The molecule has 5 nitrogen and oxygen atoms in total. The number of anilines is 1. The number of rotatable bonds is 8. The lowest BCUT2D eigenvalue weighted by atomic mass is 10.0. The molecule has 26 heavy (non-hydrogen) atoms. The lowest BCUT2D eigenvalue weighted by Crippen LogP contribution is -2.22. The second kappa shape index (κ2) is 9.51. The topological polar surface area (TPSA) is 75.3 Å². The number of carbonyl (C=O) groups excluding carboxylic acids is 3. The number of hydrogen-bond donors (Lipinski definition) is 2. The third-order valence-electron chi connectivity index (χ3n) is 4.01. The van der Waals surface area contributed by atoms with Crippen LogP contribution in [0.3, 0.4) is 0 Å². The first-order valence-corrected chi connectivity index (χ1v) is 8.83. The fourth-order valence-electron chi connectivity index (χ4n) is 2.52. The molecule has 0 fully saturated rings. The highest BCUT2D eigenvalue weighted by molar-refractivity contribution is 6.00. The summed E-state index contributed by atoms with van der Waals surface area (Å²) in [6.45, 7) is 4.44. The van der Waals surface area contributed by atoms with Crippen LogP contribution in [0.4, 0.5) is 5.69 Å². The van der Waals surface area contributed by atoms with Gasteiger partial charge in [-0.05, 0) is 37.1 Å². The summed E-state index contributed by atoms with van der Waals surface area (Å²) in [6.07, 6.45) is 1.17. The minimum atomic E-state index is -0.253. The number of nitrogens with one attached hydrogen (secondary N) is 2. The zero-order chi connectivity index (χ0) is 18.9. The molecular weight excluding hydrogens is 328 g/mol. The van der Waals surface area contributed by atoms with E-state index in [0.717, 1.165) is 6.42 Å². The van der Waals surface area contributed by atoms with E-state index in [1.807, 2.05) is 19.1 Å². The van der Waals surface area contributed by atoms with Crippen molar-refractivity contribution in [2.24, 2.45) is 0 Å². The van der Waals surface area contributed by atoms with Gasteiger partial charge in [0.25, 0.3) is 5.91 Å². The molecule has 0 atom stereocenters. The number of aryl methyl sites for hydroxylation is 1. The first-order valence-electron chi connectivity index (χ1n) is 8.83. The summed E-state index contributed by atoms with van der Waals surface area (Å²) in [6, 6.07) is 14.2. The van der Waals surface area contributed by atoms with Gasteiger partial charge in [0.1, 0.15) is 0 Å². The SMILES string of the molecule is CCNC(=O)c1cccc(NC(=O)CCC(=O)c2ccc(CC)cc2)c1. The highest BCUT2D eigenvalue weighted by Gasteiger charge is 2.11. The van der Waals surface area contributed by atoms with Crippen molar-refractivity contribution in [3.8, 4) is 0 Å². The van der Waals surface area contributed by atoms with Crippen molar-refractivity contribution in [3.05, 3.63) is 65.2 Å². The Morgan fingerprint density at radius 3 is 2.27 bits per heavy atom. The Kier molecular flexibility index (Phi) is 7.09. The molecule has 2 rings (SSSR count). The Morgan fingerprint density at radius 2 is 1.62 bits per heavy atom. The van der Waals surface area contributed by atoms with Gasteiger partial charge in [-0.3, -0.25) is 14.4 Å². The molecule has 0 heterocycles. The molecule has 0 unspecified atom stereocenters. The van der Waals surface area contributed by atoms with E-state index in [2.05, 4.69) is 17.6 Å². The average molecular weight is 352 g/mol. The molecule has 0 saturated carbocycles. The number of ketones is 1. The highest BCUT2D eigenvalue weighted by Crippen LogP contribution is 2.13. The van der Waals surface area contributed by atoms with E-state index in [1.165, 1.54) is 5.56 Å². The second-order valence-corrected chi connectivity index (χ2v) is 5.96. The largest absolute Gasteiger partial charge is 0.352 e. The Bertz CT molecular complexity index is 782. The van der Waals surface area contributed by atoms with Gasteiger partial charge >= 0.3 is 0 Å². The van der Waals surface area contributed by atoms with Gasteiger partial charge in [-0.2, -0.15) is 0 Å². The van der Waals surface area contributed by atoms with Gasteiger partial charge in [0.05, 0.1) is 0 Å². The van der Waals surface area contributed by atoms with E-state index < -0.39 is 0 Å². The quantitative estimate of drug-likeness (QED) is 0.713. The lowest BCUT2D eigenvalue weighted by Gasteiger charge is -2.08. The predicted octanol–water partition coefficient (Wildman–Crippen LogP) is 3.60. The maximum absolute atomic E-state index is 12.2. The van der Waals surface area contributed by atoms with Crippen LogP contribution in [0.1, 0.15) is 53.0 Å². The summed E-state index contributed by atoms with van der Waals surface area (Å²) >= 11 is 0. The number of amides is 2. The van der Waals surface area contributed by atoms with Crippen LogP contribution in [-0.4, -0.2) is 24.1 Å². The van der Waals surface area contributed by atoms with E-state index in [4.69, 9.17) is 0 Å². The summed E-state index contributed by atoms with van der Waals surface area (Å²) in [4.78, 5) is 36.1. The third kappa shape index (κ3) is 5.55. The van der Waals surface area contributed by atoms with Crippen LogP contribution in [0.5, 0.6) is 0 Å². The lowest BCUT2D eigenvalue weighted by molar-refractivity contribution is -0.116. The van der Waals surface area contributed by atoms with Crippen LogP contribution >= 0.6 is 0 Å². The van der Waals surface area contributed by atoms with Crippen molar-refractivity contribution in [2.45, 2.75) is 33.1 Å². The molecule has 2 N–H and O–H groups in total. The molecule has 0 bridgehead atoms. The van der Waals surface area contributed by atoms with Gasteiger partial charge in [-0.1, -0.05) is 37.3 Å². The summed E-state index contributed by atoms with van der Waals surface area (Å²) < 4.78 is 0. The number of carbonyl (C=O) groups is 3. The van der Waals surface area contributed by atoms with E-state index in [1.54, 1.807) is 36.4 Å². The average Bonchev–Trinajstić information content (AvgIpc) is 2.66. The Morgan fingerprint density at radius 1 is 0.885 bits per heavy atom.